The van der Waals surface area contributed by atoms with Gasteiger partial charge in [0.25, 0.3) is 0 Å². The average Bonchev–Trinajstić information content (AvgIpc) is 2.15. The van der Waals surface area contributed by atoms with Crippen molar-refractivity contribution < 1.29 is 8.42 Å². The largest absolute Gasteiger partial charge is 0.226 e. The first-order valence-electron chi connectivity index (χ1n) is 4.11. The molecule has 14 heavy (non-hydrogen) atoms. The van der Waals surface area contributed by atoms with Crippen LogP contribution in [-0.2, 0) is 9.84 Å². The summed E-state index contributed by atoms with van der Waals surface area (Å²) in [5.74, 6) is 0. The molecule has 5 heteroatoms. The molecule has 0 saturated carbocycles. The normalized spacial score (nSPS) is 13.9. The van der Waals surface area contributed by atoms with Crippen LogP contribution in [0.3, 0.4) is 0 Å². The summed E-state index contributed by atoms with van der Waals surface area (Å²) in [5.41, 5.74) is 0.951. The van der Waals surface area contributed by atoms with E-state index in [0.29, 0.717) is 4.90 Å². The molecule has 0 aliphatic carbocycles. The molecule has 0 unspecified atom stereocenters. The molecule has 0 fully saturated rings. The van der Waals surface area contributed by atoms with Crippen molar-refractivity contribution in [2.75, 3.05) is 6.26 Å². The first-order valence-corrected chi connectivity index (χ1v) is 6.38. The highest BCUT2D eigenvalue weighted by atomic mass is 35.5. The number of sulfone groups is 1. The second-order valence-corrected chi connectivity index (χ2v) is 5.41. The maximum atomic E-state index is 11.1. The lowest BCUT2D eigenvalue weighted by Crippen LogP contribution is -2.06. The van der Waals surface area contributed by atoms with Gasteiger partial charge in [0.05, 0.1) is 4.90 Å². The van der Waals surface area contributed by atoms with Crippen molar-refractivity contribution in [3.8, 4) is 0 Å². The Labute approximate surface area is 89.1 Å². The van der Waals surface area contributed by atoms with Gasteiger partial charge in [0.2, 0.25) is 0 Å². The van der Waals surface area contributed by atoms with Gasteiger partial charge in [-0.05, 0) is 36.4 Å². The van der Waals surface area contributed by atoms with Crippen LogP contribution in [0.5, 0.6) is 0 Å². The maximum absolute atomic E-state index is 11.1. The minimum atomic E-state index is -3.11. The minimum absolute atomic E-state index is 0.00489. The van der Waals surface area contributed by atoms with Crippen LogP contribution in [-0.4, -0.2) is 14.7 Å². The summed E-state index contributed by atoms with van der Waals surface area (Å²) in [4.78, 5) is 2.88. The molecule has 1 atom stereocenters. The van der Waals surface area contributed by atoms with Crippen LogP contribution in [0, 0.1) is 0 Å². The summed E-state index contributed by atoms with van der Waals surface area (Å²) in [5, 5.41) is 0. The van der Waals surface area contributed by atoms with Gasteiger partial charge in [-0.1, -0.05) is 12.1 Å². The fraction of sp³-hybridized carbons (Fsp3) is 0.333. The Morgan fingerprint density at radius 2 is 1.79 bits per heavy atom. The zero-order valence-electron chi connectivity index (χ0n) is 7.99. The lowest BCUT2D eigenvalue weighted by molar-refractivity contribution is 0.601. The van der Waals surface area contributed by atoms with E-state index in [-0.39, 0.29) is 6.04 Å². The van der Waals surface area contributed by atoms with Crippen LogP contribution in [0.2, 0.25) is 0 Å². The highest BCUT2D eigenvalue weighted by molar-refractivity contribution is 7.90. The van der Waals surface area contributed by atoms with Gasteiger partial charge in [-0.3, -0.25) is 0 Å². The molecular formula is C9H12ClNO2S. The summed E-state index contributed by atoms with van der Waals surface area (Å²) in [6.45, 7) is 1.89. The number of hydrogen-bond acceptors (Lipinski definition) is 3. The van der Waals surface area contributed by atoms with Gasteiger partial charge in [-0.2, -0.15) is 0 Å². The topological polar surface area (TPSA) is 46.2 Å². The van der Waals surface area contributed by atoms with Gasteiger partial charge in [0.15, 0.2) is 9.84 Å². The number of hydrogen-bond donors (Lipinski definition) is 1. The second kappa shape index (κ2) is 4.29. The molecule has 0 aliphatic heterocycles. The molecule has 0 radical (unpaired) electrons. The summed E-state index contributed by atoms with van der Waals surface area (Å²) in [6, 6.07) is 6.66. The van der Waals surface area contributed by atoms with Crippen LogP contribution in [0.1, 0.15) is 18.5 Å². The van der Waals surface area contributed by atoms with E-state index in [2.05, 4.69) is 4.84 Å². The predicted octanol–water partition coefficient (Wildman–Crippen LogP) is 1.89. The molecule has 0 bridgehead atoms. The molecule has 1 N–H and O–H groups in total. The summed E-state index contributed by atoms with van der Waals surface area (Å²) in [6.07, 6.45) is 1.19. The predicted molar refractivity (Wildman–Crippen MR) is 57.0 cm³/mol. The Morgan fingerprint density at radius 1 is 1.29 bits per heavy atom. The van der Waals surface area contributed by atoms with Gasteiger partial charge in [0.1, 0.15) is 0 Å². The molecule has 0 aromatic heterocycles. The molecule has 0 amide bonds. The molecule has 1 rings (SSSR count). The van der Waals surface area contributed by atoms with Crippen molar-refractivity contribution in [2.24, 2.45) is 0 Å². The fourth-order valence-electron chi connectivity index (χ4n) is 1.07. The molecule has 0 spiro atoms. The molecule has 0 aliphatic rings. The van der Waals surface area contributed by atoms with Gasteiger partial charge >= 0.3 is 0 Å². The minimum Gasteiger partial charge on any atom is -0.226 e. The summed E-state index contributed by atoms with van der Waals surface area (Å²) < 4.78 is 22.3. The van der Waals surface area contributed by atoms with Gasteiger partial charge in [-0.15, -0.1) is 0 Å². The molecule has 78 valence electrons. The maximum Gasteiger partial charge on any atom is 0.175 e. The van der Waals surface area contributed by atoms with E-state index in [4.69, 9.17) is 11.8 Å². The first kappa shape index (κ1) is 11.5. The van der Waals surface area contributed by atoms with Gasteiger partial charge in [-0.25, -0.2) is 13.3 Å². The van der Waals surface area contributed by atoms with Gasteiger partial charge < -0.3 is 0 Å². The van der Waals surface area contributed by atoms with Crippen molar-refractivity contribution in [2.45, 2.75) is 17.9 Å². The molecule has 3 nitrogen and oxygen atoms in total. The van der Waals surface area contributed by atoms with E-state index in [0.717, 1.165) is 5.56 Å². The van der Waals surface area contributed by atoms with Crippen LogP contribution in [0.25, 0.3) is 0 Å². The Bertz CT molecular complexity index is 399. The first-order chi connectivity index (χ1) is 6.45. The van der Waals surface area contributed by atoms with E-state index in [9.17, 15) is 8.42 Å². The number of rotatable bonds is 3. The molecule has 0 saturated heterocycles. The second-order valence-electron chi connectivity index (χ2n) is 3.17. The Kier molecular flexibility index (Phi) is 3.53. The number of nitrogens with one attached hydrogen (secondary N) is 1. The van der Waals surface area contributed by atoms with Crippen molar-refractivity contribution in [3.63, 3.8) is 0 Å². The SMILES string of the molecule is C[C@@H](NCl)c1ccc(S(C)(=O)=O)cc1. The Morgan fingerprint density at radius 3 is 2.14 bits per heavy atom. The molecule has 1 aromatic carbocycles. The third kappa shape index (κ3) is 2.70. The zero-order chi connectivity index (χ0) is 10.8. The van der Waals surface area contributed by atoms with Crippen LogP contribution >= 0.6 is 11.8 Å². The smallest absolute Gasteiger partial charge is 0.175 e. The van der Waals surface area contributed by atoms with E-state index in [1.54, 1.807) is 24.3 Å². The van der Waals surface area contributed by atoms with Crippen molar-refractivity contribution in [3.05, 3.63) is 29.8 Å². The summed E-state index contributed by atoms with van der Waals surface area (Å²) in [7, 11) is -3.11. The standard InChI is InChI=1S/C9H12ClNO2S/c1-7(11-10)8-3-5-9(6-4-8)14(2,12)13/h3-7,11H,1-2H3/t7-/m1/s1. The fourth-order valence-corrected chi connectivity index (χ4v) is 1.82. The zero-order valence-corrected chi connectivity index (χ0v) is 9.56. The third-order valence-corrected chi connectivity index (χ3v) is 3.43. The monoisotopic (exact) mass is 233 g/mol. The van der Waals surface area contributed by atoms with Crippen LogP contribution in [0.15, 0.2) is 29.2 Å². The lowest BCUT2D eigenvalue weighted by Gasteiger charge is -2.08. The van der Waals surface area contributed by atoms with Crippen molar-refractivity contribution in [1.29, 1.82) is 0 Å². The number of benzene rings is 1. The lowest BCUT2D eigenvalue weighted by atomic mass is 10.1. The van der Waals surface area contributed by atoms with Crippen LogP contribution in [0.4, 0.5) is 0 Å². The third-order valence-electron chi connectivity index (χ3n) is 1.97. The van der Waals surface area contributed by atoms with E-state index >= 15 is 0 Å². The quantitative estimate of drug-likeness (QED) is 0.812. The molecule has 0 heterocycles. The summed E-state index contributed by atoms with van der Waals surface area (Å²) >= 11 is 5.45. The highest BCUT2D eigenvalue weighted by Gasteiger charge is 2.08. The molecule has 1 aromatic rings. The Balaban J connectivity index is 3.01. The van der Waals surface area contributed by atoms with Crippen molar-refractivity contribution in [1.82, 2.24) is 4.84 Å². The van der Waals surface area contributed by atoms with E-state index < -0.39 is 9.84 Å². The van der Waals surface area contributed by atoms with E-state index in [1.165, 1.54) is 6.26 Å². The van der Waals surface area contributed by atoms with Crippen molar-refractivity contribution >= 4 is 21.6 Å². The van der Waals surface area contributed by atoms with Crippen LogP contribution < -0.4 is 4.84 Å². The number of halogens is 1. The van der Waals surface area contributed by atoms with E-state index in [1.807, 2.05) is 6.92 Å². The van der Waals surface area contributed by atoms with Gasteiger partial charge in [0, 0.05) is 12.3 Å². The average molecular weight is 234 g/mol. The molecular weight excluding hydrogens is 222 g/mol. The highest BCUT2D eigenvalue weighted by Crippen LogP contribution is 2.16. The Hall–Kier alpha value is -0.580.